The summed E-state index contributed by atoms with van der Waals surface area (Å²) in [4.78, 5) is 12.3. The van der Waals surface area contributed by atoms with Crippen molar-refractivity contribution < 1.29 is 22.9 Å². The number of carbonyl (C=O) groups excluding carboxylic acids is 1. The summed E-state index contributed by atoms with van der Waals surface area (Å²) in [6.45, 7) is 4.45. The number of carbonyl (C=O) groups is 1. The largest absolute Gasteiger partial charge is 0.387 e. The number of rotatable bonds is 27. The highest BCUT2D eigenvalue weighted by Gasteiger charge is 2.24. The number of aliphatic hydroxyl groups is 1. The molecule has 0 aliphatic carbocycles. The Morgan fingerprint density at radius 3 is 1.54 bits per heavy atom. The lowest BCUT2D eigenvalue weighted by molar-refractivity contribution is -0.122. The topological polar surface area (TPSA) is 104 Å². The van der Waals surface area contributed by atoms with Gasteiger partial charge in [0.15, 0.2) is 0 Å². The fourth-order valence-electron chi connectivity index (χ4n) is 4.62. The van der Waals surface area contributed by atoms with Crippen LogP contribution in [0.25, 0.3) is 0 Å². The number of unbranched alkanes of at least 4 members (excludes halogenated alkanes) is 19. The Labute approximate surface area is 229 Å². The van der Waals surface area contributed by atoms with E-state index in [1.54, 1.807) is 6.08 Å². The number of aliphatic hydroxyl groups excluding tert-OH is 1. The van der Waals surface area contributed by atoms with Crippen LogP contribution < -0.4 is 5.32 Å². The molecule has 220 valence electrons. The van der Waals surface area contributed by atoms with E-state index in [1.807, 2.05) is 6.08 Å². The summed E-state index contributed by atoms with van der Waals surface area (Å²) >= 11 is 0. The monoisotopic (exact) mass is 545 g/mol. The normalized spacial score (nSPS) is 13.7. The molecule has 7 heteroatoms. The van der Waals surface area contributed by atoms with Gasteiger partial charge in [0.05, 0.1) is 17.9 Å². The van der Waals surface area contributed by atoms with Crippen LogP contribution in [0.15, 0.2) is 12.2 Å². The molecule has 0 bridgehead atoms. The minimum absolute atomic E-state index is 0.281. The van der Waals surface area contributed by atoms with Crippen molar-refractivity contribution in [2.45, 2.75) is 167 Å². The highest BCUT2D eigenvalue weighted by molar-refractivity contribution is 7.85. The first-order valence-corrected chi connectivity index (χ1v) is 17.0. The van der Waals surface area contributed by atoms with Crippen LogP contribution in [0.3, 0.4) is 0 Å². The van der Waals surface area contributed by atoms with E-state index < -0.39 is 28.0 Å². The highest BCUT2D eigenvalue weighted by Crippen LogP contribution is 2.13. The predicted octanol–water partition coefficient (Wildman–Crippen LogP) is 7.90. The van der Waals surface area contributed by atoms with Crippen LogP contribution in [-0.2, 0) is 14.9 Å². The van der Waals surface area contributed by atoms with E-state index in [9.17, 15) is 22.9 Å². The summed E-state index contributed by atoms with van der Waals surface area (Å²) < 4.78 is 32.1. The first kappa shape index (κ1) is 36.1. The molecule has 1 amide bonds. The molecular weight excluding hydrogens is 486 g/mol. The molecule has 0 aliphatic heterocycles. The molecule has 0 aromatic heterocycles. The smallest absolute Gasteiger partial charge is 0.267 e. The van der Waals surface area contributed by atoms with Crippen LogP contribution in [0, 0.1) is 0 Å². The van der Waals surface area contributed by atoms with E-state index in [-0.39, 0.29) is 5.91 Å². The van der Waals surface area contributed by atoms with Gasteiger partial charge in [-0.05, 0) is 19.3 Å². The Bertz CT molecular complexity index is 650. The molecule has 0 spiro atoms. The highest BCUT2D eigenvalue weighted by atomic mass is 32.2. The fourth-order valence-corrected chi connectivity index (χ4v) is 5.36. The lowest BCUT2D eigenvalue weighted by Crippen LogP contribution is -2.46. The van der Waals surface area contributed by atoms with Crippen molar-refractivity contribution in [1.82, 2.24) is 5.32 Å². The Morgan fingerprint density at radius 2 is 1.11 bits per heavy atom. The van der Waals surface area contributed by atoms with Gasteiger partial charge in [0.2, 0.25) is 5.91 Å². The van der Waals surface area contributed by atoms with Gasteiger partial charge in [-0.1, -0.05) is 142 Å². The average Bonchev–Trinajstić information content (AvgIpc) is 2.84. The Kier molecular flexibility index (Phi) is 24.7. The second kappa shape index (κ2) is 25.4. The first-order chi connectivity index (χ1) is 17.8. The van der Waals surface area contributed by atoms with Crippen molar-refractivity contribution in [1.29, 1.82) is 0 Å². The van der Waals surface area contributed by atoms with Crippen LogP contribution in [0.1, 0.15) is 155 Å². The average molecular weight is 546 g/mol. The number of hydrogen-bond acceptors (Lipinski definition) is 4. The zero-order chi connectivity index (χ0) is 27.6. The molecule has 0 fully saturated rings. The van der Waals surface area contributed by atoms with Gasteiger partial charge in [0.25, 0.3) is 10.1 Å². The van der Waals surface area contributed by atoms with E-state index >= 15 is 0 Å². The lowest BCUT2D eigenvalue weighted by atomic mass is 10.0. The minimum Gasteiger partial charge on any atom is -0.387 e. The molecule has 0 aromatic rings. The standard InChI is InChI=1S/C30H59NO5S/c1-3-5-7-9-11-13-14-15-16-18-20-22-24-26-30(33)31-28(27-37(34,35)36)29(32)25-23-21-19-17-12-10-8-6-4-2/h23,25,28-29,32H,3-22,24,26-27H2,1-2H3,(H,31,33)(H,34,35,36)/b25-23+. The molecule has 0 saturated heterocycles. The van der Waals surface area contributed by atoms with Gasteiger partial charge in [-0.2, -0.15) is 8.42 Å². The summed E-state index contributed by atoms with van der Waals surface area (Å²) in [6.07, 6.45) is 27.7. The zero-order valence-electron chi connectivity index (χ0n) is 24.1. The second-order valence-corrected chi connectivity index (χ2v) is 12.2. The van der Waals surface area contributed by atoms with Gasteiger partial charge in [0, 0.05) is 6.42 Å². The number of amides is 1. The van der Waals surface area contributed by atoms with Gasteiger partial charge in [-0.15, -0.1) is 0 Å². The molecule has 3 N–H and O–H groups in total. The van der Waals surface area contributed by atoms with Crippen LogP contribution >= 0.6 is 0 Å². The molecule has 6 nitrogen and oxygen atoms in total. The second-order valence-electron chi connectivity index (χ2n) is 10.7. The summed E-state index contributed by atoms with van der Waals surface area (Å²) in [5.74, 6) is -0.975. The van der Waals surface area contributed by atoms with Crippen LogP contribution in [0.2, 0.25) is 0 Å². The van der Waals surface area contributed by atoms with E-state index in [1.165, 1.54) is 96.3 Å². The third kappa shape index (κ3) is 26.5. The van der Waals surface area contributed by atoms with Gasteiger partial charge < -0.3 is 10.4 Å². The summed E-state index contributed by atoms with van der Waals surface area (Å²) in [5.41, 5.74) is 0. The number of allylic oxidation sites excluding steroid dienone is 1. The molecule has 0 saturated carbocycles. The van der Waals surface area contributed by atoms with Crippen LogP contribution in [0.5, 0.6) is 0 Å². The SMILES string of the molecule is CCCCCCCCC/C=C/C(O)C(CS(=O)(=O)O)NC(=O)CCCCCCCCCCCCCCC. The number of hydrogen-bond donors (Lipinski definition) is 3. The van der Waals surface area contributed by atoms with E-state index in [0.717, 1.165) is 38.5 Å². The number of nitrogens with one attached hydrogen (secondary N) is 1. The molecule has 0 heterocycles. The van der Waals surface area contributed by atoms with Crippen molar-refractivity contribution in [2.75, 3.05) is 5.75 Å². The van der Waals surface area contributed by atoms with Crippen LogP contribution in [0.4, 0.5) is 0 Å². The van der Waals surface area contributed by atoms with Crippen molar-refractivity contribution in [3.8, 4) is 0 Å². The Morgan fingerprint density at radius 1 is 0.703 bits per heavy atom. The van der Waals surface area contributed by atoms with Gasteiger partial charge in [-0.25, -0.2) is 0 Å². The van der Waals surface area contributed by atoms with Crippen molar-refractivity contribution >= 4 is 16.0 Å². The van der Waals surface area contributed by atoms with Gasteiger partial charge in [-0.3, -0.25) is 9.35 Å². The Balaban J connectivity index is 4.05. The summed E-state index contributed by atoms with van der Waals surface area (Å²) in [5, 5.41) is 13.0. The molecule has 0 aliphatic rings. The maximum absolute atomic E-state index is 12.3. The summed E-state index contributed by atoms with van der Waals surface area (Å²) in [7, 11) is -4.32. The maximum Gasteiger partial charge on any atom is 0.267 e. The van der Waals surface area contributed by atoms with E-state index in [4.69, 9.17) is 0 Å². The quantitative estimate of drug-likeness (QED) is 0.0553. The Hall–Kier alpha value is -0.920. The van der Waals surface area contributed by atoms with Crippen molar-refractivity contribution in [3.63, 3.8) is 0 Å². The molecule has 37 heavy (non-hydrogen) atoms. The zero-order valence-corrected chi connectivity index (χ0v) is 24.9. The van der Waals surface area contributed by atoms with E-state index in [0.29, 0.717) is 6.42 Å². The molecular formula is C30H59NO5S. The third-order valence-electron chi connectivity index (χ3n) is 6.96. The van der Waals surface area contributed by atoms with Crippen molar-refractivity contribution in [3.05, 3.63) is 12.2 Å². The van der Waals surface area contributed by atoms with Crippen molar-refractivity contribution in [2.24, 2.45) is 0 Å². The molecule has 2 unspecified atom stereocenters. The lowest BCUT2D eigenvalue weighted by Gasteiger charge is -2.21. The maximum atomic E-state index is 12.3. The first-order valence-electron chi connectivity index (χ1n) is 15.4. The van der Waals surface area contributed by atoms with Gasteiger partial charge in [0.1, 0.15) is 0 Å². The third-order valence-corrected chi connectivity index (χ3v) is 7.74. The molecule has 0 rings (SSSR count). The molecule has 0 radical (unpaired) electrons. The molecule has 0 aromatic carbocycles. The minimum atomic E-state index is -4.32. The fraction of sp³-hybridized carbons (Fsp3) is 0.900. The van der Waals surface area contributed by atoms with Crippen LogP contribution in [-0.4, -0.2) is 41.9 Å². The van der Waals surface area contributed by atoms with Gasteiger partial charge >= 0.3 is 0 Å². The molecule has 2 atom stereocenters. The summed E-state index contributed by atoms with van der Waals surface area (Å²) in [6, 6.07) is -1.05. The van der Waals surface area contributed by atoms with E-state index in [2.05, 4.69) is 19.2 Å². The predicted molar refractivity (Wildman–Crippen MR) is 156 cm³/mol.